The zero-order chi connectivity index (χ0) is 30.2. The number of benzene rings is 2. The predicted molar refractivity (Wildman–Crippen MR) is 157 cm³/mol. The Labute approximate surface area is 267 Å². The first-order valence-corrected chi connectivity index (χ1v) is 14.3. The molecule has 0 aromatic heterocycles. The summed E-state index contributed by atoms with van der Waals surface area (Å²) in [7, 11) is 0. The number of carbonyl (C=O) groups excluding carboxylic acids is 2. The number of esters is 1. The van der Waals surface area contributed by atoms with E-state index in [1.54, 1.807) is 0 Å². The number of rotatable bonds is 10. The second-order valence-corrected chi connectivity index (χ2v) is 13.4. The summed E-state index contributed by atoms with van der Waals surface area (Å²) in [6, 6.07) is 17.0. The van der Waals surface area contributed by atoms with Gasteiger partial charge in [0.05, 0.1) is 19.8 Å². The van der Waals surface area contributed by atoms with E-state index in [2.05, 4.69) is 5.32 Å². The summed E-state index contributed by atoms with van der Waals surface area (Å²) in [6.45, 7) is 1.29. The molecule has 5 atom stereocenters. The molecule has 1 amide bonds. The van der Waals surface area contributed by atoms with Gasteiger partial charge in [0.2, 0.25) is 12.2 Å². The van der Waals surface area contributed by atoms with Gasteiger partial charge in [0.15, 0.2) is 6.10 Å². The van der Waals surface area contributed by atoms with Crippen LogP contribution in [0.4, 0.5) is 0 Å². The molecule has 0 bridgehead atoms. The smallest absolute Gasteiger partial charge is 0.303 e. The van der Waals surface area contributed by atoms with Crippen LogP contribution in [0.5, 0.6) is 0 Å². The number of halogens is 6. The van der Waals surface area contributed by atoms with E-state index in [1.165, 1.54) is 6.92 Å². The summed E-state index contributed by atoms with van der Waals surface area (Å²) in [5.74, 6) is -2.56. The summed E-state index contributed by atoms with van der Waals surface area (Å²) < 4.78 is 24.6. The minimum atomic E-state index is -2.40. The van der Waals surface area contributed by atoms with E-state index in [1.807, 2.05) is 60.7 Å². The molecular weight excluding hydrogens is 665 g/mol. The lowest BCUT2D eigenvalue weighted by Gasteiger charge is -2.46. The molecule has 41 heavy (non-hydrogen) atoms. The molecule has 0 spiro atoms. The summed E-state index contributed by atoms with van der Waals surface area (Å²) >= 11 is 35.0. The second-order valence-electron chi connectivity index (χ2n) is 8.82. The van der Waals surface area contributed by atoms with Crippen LogP contribution in [0.2, 0.25) is 0 Å². The molecule has 2 aromatic rings. The highest BCUT2D eigenvalue weighted by Gasteiger charge is 2.52. The zero-order valence-electron chi connectivity index (χ0n) is 21.4. The summed E-state index contributed by atoms with van der Waals surface area (Å²) in [4.78, 5) is 25.0. The molecule has 0 radical (unpaired) electrons. The zero-order valence-corrected chi connectivity index (χ0v) is 25.9. The van der Waals surface area contributed by atoms with Gasteiger partial charge in [0.1, 0.15) is 18.2 Å². The Morgan fingerprint density at radius 3 is 1.93 bits per heavy atom. The van der Waals surface area contributed by atoms with Crippen molar-refractivity contribution in [2.24, 2.45) is 0 Å². The average molecular weight is 691 g/mol. The van der Waals surface area contributed by atoms with Gasteiger partial charge in [0.25, 0.3) is 13.5 Å². The Bertz CT molecular complexity index is 1160. The van der Waals surface area contributed by atoms with Crippen LogP contribution in [0.3, 0.4) is 0 Å². The largest absolute Gasteiger partial charge is 0.457 e. The fraction of sp³-hybridized carbons (Fsp3) is 0.423. The van der Waals surface area contributed by atoms with Gasteiger partial charge in [0, 0.05) is 6.92 Å². The van der Waals surface area contributed by atoms with Gasteiger partial charge in [-0.2, -0.15) is 0 Å². The van der Waals surface area contributed by atoms with Gasteiger partial charge < -0.3 is 29.0 Å². The maximum Gasteiger partial charge on any atom is 0.303 e. The van der Waals surface area contributed by atoms with Crippen molar-refractivity contribution in [2.75, 3.05) is 6.61 Å². The summed E-state index contributed by atoms with van der Waals surface area (Å²) in [5, 5.41) is 10.6. The molecule has 0 saturated carbocycles. The lowest BCUT2D eigenvalue weighted by atomic mass is 9.96. The van der Waals surface area contributed by atoms with Crippen LogP contribution in [0, 0.1) is 5.41 Å². The Kier molecular flexibility index (Phi) is 12.7. The first kappa shape index (κ1) is 34.0. The standard InChI is InChI=1S/C26H26Cl6N2O7/c1-15(35)39-20-18(14-37-12-16-8-4-2-5-9-16)40-22(41-23(33)25(27,28)29)19(34-24(36)26(30,31)32)21(20)38-13-17-10-6-3-7-11-17/h2-11,18-22,33H,12-14H2,1H3,(H,34,36)/t18-,19-,20-,21-,22-/m1/s1. The Hall–Kier alpha value is -1.53. The van der Waals surface area contributed by atoms with E-state index in [0.717, 1.165) is 11.1 Å². The van der Waals surface area contributed by atoms with Crippen molar-refractivity contribution in [1.29, 1.82) is 5.41 Å². The first-order valence-electron chi connectivity index (χ1n) is 12.1. The molecule has 2 N–H and O–H groups in total. The fourth-order valence-electron chi connectivity index (χ4n) is 3.87. The molecule has 0 aliphatic carbocycles. The second kappa shape index (κ2) is 15.3. The lowest BCUT2D eigenvalue weighted by molar-refractivity contribution is -0.267. The SMILES string of the molecule is CC(=O)O[C@H]1[C@H](OCc2ccccc2)[C@@H](NC(=O)C(Cl)(Cl)Cl)[C@@H](OC(=N)C(Cl)(Cl)Cl)O[C@@H]1COCc1ccccc1. The topological polar surface area (TPSA) is 116 Å². The van der Waals surface area contributed by atoms with Crippen molar-refractivity contribution >= 4 is 87.4 Å². The van der Waals surface area contributed by atoms with Crippen molar-refractivity contribution in [3.8, 4) is 0 Å². The number of alkyl halides is 6. The molecule has 1 heterocycles. The molecule has 0 unspecified atom stereocenters. The van der Waals surface area contributed by atoms with Crippen LogP contribution in [0.25, 0.3) is 0 Å². The van der Waals surface area contributed by atoms with Crippen LogP contribution in [-0.2, 0) is 46.5 Å². The minimum Gasteiger partial charge on any atom is -0.457 e. The van der Waals surface area contributed by atoms with Gasteiger partial charge in [-0.05, 0) is 11.1 Å². The van der Waals surface area contributed by atoms with Crippen LogP contribution >= 0.6 is 69.6 Å². The minimum absolute atomic E-state index is 0.00955. The number of hydrogen-bond acceptors (Lipinski definition) is 8. The maximum atomic E-state index is 12.8. The number of hydrogen-bond donors (Lipinski definition) is 2. The molecule has 1 aliphatic heterocycles. The van der Waals surface area contributed by atoms with Gasteiger partial charge >= 0.3 is 5.97 Å². The van der Waals surface area contributed by atoms with Crippen LogP contribution in [0.15, 0.2) is 60.7 Å². The Balaban J connectivity index is 1.97. The molecule has 1 saturated heterocycles. The molecule has 1 fully saturated rings. The summed E-state index contributed by atoms with van der Waals surface area (Å²) in [6.07, 6.45) is -4.90. The Morgan fingerprint density at radius 1 is 0.854 bits per heavy atom. The highest BCUT2D eigenvalue weighted by molar-refractivity contribution is 6.76. The van der Waals surface area contributed by atoms with E-state index >= 15 is 0 Å². The van der Waals surface area contributed by atoms with E-state index in [0.29, 0.717) is 0 Å². The van der Waals surface area contributed by atoms with Crippen LogP contribution in [-0.4, -0.2) is 62.6 Å². The van der Waals surface area contributed by atoms with Crippen molar-refractivity contribution in [1.82, 2.24) is 5.32 Å². The number of ether oxygens (including phenoxy) is 5. The molecule has 9 nitrogen and oxygen atoms in total. The average Bonchev–Trinajstić information content (AvgIpc) is 2.90. The van der Waals surface area contributed by atoms with Gasteiger partial charge in [-0.25, -0.2) is 0 Å². The summed E-state index contributed by atoms with van der Waals surface area (Å²) in [5.41, 5.74) is 1.64. The lowest BCUT2D eigenvalue weighted by Crippen LogP contribution is -2.67. The monoisotopic (exact) mass is 688 g/mol. The molecule has 1 aliphatic rings. The third-order valence-electron chi connectivity index (χ3n) is 5.67. The van der Waals surface area contributed by atoms with Crippen molar-refractivity contribution in [3.63, 3.8) is 0 Å². The third kappa shape index (κ3) is 10.6. The van der Waals surface area contributed by atoms with Crippen molar-refractivity contribution in [3.05, 3.63) is 71.8 Å². The van der Waals surface area contributed by atoms with Crippen molar-refractivity contribution in [2.45, 2.75) is 58.4 Å². The van der Waals surface area contributed by atoms with Gasteiger partial charge in [-0.3, -0.25) is 15.0 Å². The van der Waals surface area contributed by atoms with Crippen molar-refractivity contribution < 1.29 is 33.3 Å². The van der Waals surface area contributed by atoms with Crippen LogP contribution < -0.4 is 5.32 Å². The highest BCUT2D eigenvalue weighted by atomic mass is 35.6. The van der Waals surface area contributed by atoms with E-state index in [4.69, 9.17) is 98.7 Å². The molecule has 2 aromatic carbocycles. The molecular formula is C26H26Cl6N2O7. The van der Waals surface area contributed by atoms with Gasteiger partial charge in [-0.1, -0.05) is 130 Å². The van der Waals surface area contributed by atoms with E-state index in [9.17, 15) is 9.59 Å². The third-order valence-corrected chi connectivity index (χ3v) is 6.70. The van der Waals surface area contributed by atoms with E-state index < -0.39 is 56.0 Å². The molecule has 15 heteroatoms. The van der Waals surface area contributed by atoms with Gasteiger partial charge in [-0.15, -0.1) is 0 Å². The number of nitrogens with one attached hydrogen (secondary N) is 2. The molecule has 224 valence electrons. The fourth-order valence-corrected chi connectivity index (χ4v) is 4.17. The number of amides is 1. The number of carbonyl (C=O) groups is 2. The highest BCUT2D eigenvalue weighted by Crippen LogP contribution is 2.34. The quantitative estimate of drug-likeness (QED) is 0.143. The van der Waals surface area contributed by atoms with E-state index in [-0.39, 0.29) is 19.8 Å². The predicted octanol–water partition coefficient (Wildman–Crippen LogP) is 5.66. The molecule has 3 rings (SSSR count). The van der Waals surface area contributed by atoms with Crippen LogP contribution in [0.1, 0.15) is 18.1 Å². The normalized spacial score (nSPS) is 23.0. The maximum absolute atomic E-state index is 12.8. The first-order chi connectivity index (χ1) is 19.3. The Morgan fingerprint density at radius 2 is 1.41 bits per heavy atom.